The molecule has 6 nitrogen and oxygen atoms in total. The number of ether oxygens (including phenoxy) is 2. The summed E-state index contributed by atoms with van der Waals surface area (Å²) in [7, 11) is 3.19. The minimum absolute atomic E-state index is 0.599. The van der Waals surface area contributed by atoms with E-state index in [9.17, 15) is 0 Å². The first-order chi connectivity index (χ1) is 8.74. The van der Waals surface area contributed by atoms with Crippen LogP contribution in [-0.2, 0) is 0 Å². The first-order valence-electron chi connectivity index (χ1n) is 5.47. The molecule has 0 atom stereocenters. The number of aryl methyl sites for hydroxylation is 1. The molecule has 1 aromatic carbocycles. The van der Waals surface area contributed by atoms with E-state index < -0.39 is 0 Å². The Hall–Kier alpha value is -2.37. The molecule has 6 heteroatoms. The smallest absolute Gasteiger partial charge is 0.187 e. The molecule has 1 aromatic heterocycles. The van der Waals surface area contributed by atoms with Crippen LogP contribution >= 0.6 is 0 Å². The molecular weight excluding hydrogens is 232 g/mol. The molecule has 0 aliphatic carbocycles. The second kappa shape index (κ2) is 3.83. The minimum atomic E-state index is 0.599. The molecular formula is C12H12N4O2. The zero-order valence-corrected chi connectivity index (χ0v) is 10.3. The number of benzene rings is 1. The molecule has 3 rings (SSSR count). The van der Waals surface area contributed by atoms with E-state index in [4.69, 9.17) is 9.47 Å². The normalized spacial score (nSPS) is 12.4. The molecule has 0 amide bonds. The highest BCUT2D eigenvalue weighted by Crippen LogP contribution is 2.43. The Morgan fingerprint density at radius 2 is 2.00 bits per heavy atom. The summed E-state index contributed by atoms with van der Waals surface area (Å²) in [5.74, 6) is 2.52. The van der Waals surface area contributed by atoms with Crippen LogP contribution in [0.5, 0.6) is 11.5 Å². The van der Waals surface area contributed by atoms with Crippen LogP contribution in [0.4, 0.5) is 11.5 Å². The topological polar surface area (TPSA) is 68.6 Å². The lowest BCUT2D eigenvalue weighted by Crippen LogP contribution is -2.05. The van der Waals surface area contributed by atoms with Gasteiger partial charge in [0, 0.05) is 6.07 Å². The van der Waals surface area contributed by atoms with Crippen LogP contribution < -0.4 is 14.8 Å². The third kappa shape index (κ3) is 1.38. The number of rotatable bonds is 2. The lowest BCUT2D eigenvalue weighted by Gasteiger charge is -2.17. The highest BCUT2D eigenvalue weighted by atomic mass is 16.5. The second-order valence-corrected chi connectivity index (χ2v) is 3.88. The average molecular weight is 244 g/mol. The number of hydrogen-bond donors (Lipinski definition) is 1. The molecule has 0 unspecified atom stereocenters. The molecule has 0 bridgehead atoms. The first-order valence-corrected chi connectivity index (χ1v) is 5.47. The van der Waals surface area contributed by atoms with Crippen LogP contribution in [0.25, 0.3) is 10.9 Å². The molecule has 1 aliphatic rings. The maximum absolute atomic E-state index is 5.39. The van der Waals surface area contributed by atoms with Crippen molar-refractivity contribution < 1.29 is 9.47 Å². The predicted molar refractivity (Wildman–Crippen MR) is 69.2 cm³/mol. The van der Waals surface area contributed by atoms with Gasteiger partial charge in [0.1, 0.15) is 11.3 Å². The predicted octanol–water partition coefficient (Wildman–Crippen LogP) is 2.04. The molecule has 0 spiro atoms. The van der Waals surface area contributed by atoms with Gasteiger partial charge >= 0.3 is 0 Å². The van der Waals surface area contributed by atoms with Crippen LogP contribution in [0.2, 0.25) is 0 Å². The summed E-state index contributed by atoms with van der Waals surface area (Å²) in [6, 6.07) is 1.86. The van der Waals surface area contributed by atoms with E-state index in [1.807, 2.05) is 13.0 Å². The van der Waals surface area contributed by atoms with E-state index in [1.165, 1.54) is 0 Å². The van der Waals surface area contributed by atoms with Crippen LogP contribution in [-0.4, -0.2) is 30.5 Å². The summed E-state index contributed by atoms with van der Waals surface area (Å²) >= 11 is 0. The fourth-order valence-corrected chi connectivity index (χ4v) is 2.07. The summed E-state index contributed by atoms with van der Waals surface area (Å²) in [5.41, 5.74) is 1.58. The number of hydrogen-bond acceptors (Lipinski definition) is 6. The number of anilines is 1. The molecule has 1 aliphatic heterocycles. The monoisotopic (exact) mass is 244 g/mol. The molecule has 18 heavy (non-hydrogen) atoms. The molecule has 1 N–H and O–H groups in total. The van der Waals surface area contributed by atoms with E-state index in [-0.39, 0.29) is 0 Å². The van der Waals surface area contributed by atoms with Crippen molar-refractivity contribution in [3.8, 4) is 11.5 Å². The minimum Gasteiger partial charge on any atom is -0.493 e. The lowest BCUT2D eigenvalue weighted by molar-refractivity contribution is 0.358. The second-order valence-electron chi connectivity index (χ2n) is 3.88. The van der Waals surface area contributed by atoms with Gasteiger partial charge in [-0.25, -0.2) is 15.0 Å². The lowest BCUT2D eigenvalue weighted by atomic mass is 10.1. The van der Waals surface area contributed by atoms with E-state index >= 15 is 0 Å². The fraction of sp³-hybridized carbons (Fsp3) is 0.250. The number of aromatic nitrogens is 2. The van der Waals surface area contributed by atoms with Crippen LogP contribution in [0.3, 0.4) is 0 Å². The van der Waals surface area contributed by atoms with Crippen LogP contribution in [0.15, 0.2) is 11.1 Å². The van der Waals surface area contributed by atoms with Crippen molar-refractivity contribution in [2.24, 2.45) is 4.99 Å². The zero-order valence-electron chi connectivity index (χ0n) is 10.3. The van der Waals surface area contributed by atoms with E-state index in [0.717, 1.165) is 11.1 Å². The Labute approximate surface area is 104 Å². The Bertz CT molecular complexity index is 667. The third-order valence-electron chi connectivity index (χ3n) is 2.82. The molecule has 0 saturated carbocycles. The van der Waals surface area contributed by atoms with Gasteiger partial charge in [-0.05, 0) is 6.92 Å². The van der Waals surface area contributed by atoms with Gasteiger partial charge in [0.05, 0.1) is 31.6 Å². The van der Waals surface area contributed by atoms with E-state index in [0.29, 0.717) is 28.7 Å². The maximum Gasteiger partial charge on any atom is 0.187 e. The van der Waals surface area contributed by atoms with Gasteiger partial charge in [-0.2, -0.15) is 0 Å². The van der Waals surface area contributed by atoms with E-state index in [1.54, 1.807) is 20.6 Å². The van der Waals surface area contributed by atoms with Gasteiger partial charge in [-0.15, -0.1) is 0 Å². The Morgan fingerprint density at radius 1 is 1.17 bits per heavy atom. The summed E-state index contributed by atoms with van der Waals surface area (Å²) in [5, 5.41) is 3.91. The van der Waals surface area contributed by atoms with Crippen molar-refractivity contribution in [3.63, 3.8) is 0 Å². The Balaban J connectivity index is 2.48. The Kier molecular flexibility index (Phi) is 2.29. The molecule has 0 radical (unpaired) electrons. The summed E-state index contributed by atoms with van der Waals surface area (Å²) in [6.45, 7) is 1.83. The highest BCUT2D eigenvalue weighted by molar-refractivity contribution is 6.09. The SMILES string of the molecule is COc1cc2c3c(nc(C)nc3c1OC)N=CN2. The van der Waals surface area contributed by atoms with Crippen molar-refractivity contribution in [1.29, 1.82) is 0 Å². The molecule has 2 heterocycles. The highest BCUT2D eigenvalue weighted by Gasteiger charge is 2.20. The summed E-state index contributed by atoms with van der Waals surface area (Å²) in [4.78, 5) is 13.0. The van der Waals surface area contributed by atoms with Crippen molar-refractivity contribution >= 4 is 28.7 Å². The van der Waals surface area contributed by atoms with Crippen molar-refractivity contribution in [2.45, 2.75) is 6.92 Å². The molecule has 0 saturated heterocycles. The van der Waals surface area contributed by atoms with Crippen LogP contribution in [0, 0.1) is 6.92 Å². The number of nitrogens with one attached hydrogen (secondary N) is 1. The zero-order chi connectivity index (χ0) is 12.7. The number of nitrogens with zero attached hydrogens (tertiary/aromatic N) is 3. The third-order valence-corrected chi connectivity index (χ3v) is 2.82. The first kappa shape index (κ1) is 10.8. The summed E-state index contributed by atoms with van der Waals surface area (Å²) in [6.07, 6.45) is 1.61. The van der Waals surface area contributed by atoms with Gasteiger partial charge in [-0.3, -0.25) is 0 Å². The maximum atomic E-state index is 5.39. The number of aliphatic imine (C=N–C) groups is 1. The van der Waals surface area contributed by atoms with Crippen molar-refractivity contribution in [3.05, 3.63) is 11.9 Å². The molecule has 92 valence electrons. The standard InChI is InChI=1S/C12H12N4O2/c1-6-15-10-9-7(13-5-14-12(9)16-6)4-8(17-2)11(10)18-3/h4-5H,1-3H3,(H,13,14,15,16). The average Bonchev–Trinajstić information content (AvgIpc) is 2.38. The Morgan fingerprint density at radius 3 is 2.72 bits per heavy atom. The quantitative estimate of drug-likeness (QED) is 0.875. The van der Waals surface area contributed by atoms with Gasteiger partial charge in [-0.1, -0.05) is 0 Å². The van der Waals surface area contributed by atoms with Gasteiger partial charge in [0.25, 0.3) is 0 Å². The van der Waals surface area contributed by atoms with Crippen LogP contribution in [0.1, 0.15) is 5.82 Å². The molecule has 2 aromatic rings. The number of methoxy groups -OCH3 is 2. The van der Waals surface area contributed by atoms with E-state index in [2.05, 4.69) is 20.3 Å². The van der Waals surface area contributed by atoms with Gasteiger partial charge < -0.3 is 14.8 Å². The summed E-state index contributed by atoms with van der Waals surface area (Å²) < 4.78 is 10.7. The van der Waals surface area contributed by atoms with Crippen molar-refractivity contribution in [2.75, 3.05) is 19.5 Å². The molecule has 0 fully saturated rings. The van der Waals surface area contributed by atoms with Crippen molar-refractivity contribution in [1.82, 2.24) is 9.97 Å². The van der Waals surface area contributed by atoms with Gasteiger partial charge in [0.2, 0.25) is 0 Å². The van der Waals surface area contributed by atoms with Gasteiger partial charge in [0.15, 0.2) is 17.3 Å². The largest absolute Gasteiger partial charge is 0.493 e. The fourth-order valence-electron chi connectivity index (χ4n) is 2.07.